The zero-order chi connectivity index (χ0) is 25.4. The number of hydrogen-bond acceptors (Lipinski definition) is 7. The average molecular weight is 523 g/mol. The second-order valence-corrected chi connectivity index (χ2v) is 10.8. The molecule has 0 spiro atoms. The highest BCUT2D eigenvalue weighted by Crippen LogP contribution is 2.31. The van der Waals surface area contributed by atoms with Gasteiger partial charge >= 0.3 is 0 Å². The Hall–Kier alpha value is -3.40. The van der Waals surface area contributed by atoms with E-state index in [1.54, 1.807) is 16.6 Å². The number of carbonyl (C=O) groups is 2. The van der Waals surface area contributed by atoms with Gasteiger partial charge in [0.1, 0.15) is 11.0 Å². The number of amides is 2. The van der Waals surface area contributed by atoms with Gasteiger partial charge in [-0.2, -0.15) is 0 Å². The number of nitrogens with one attached hydrogen (secondary N) is 4. The first-order valence-corrected chi connectivity index (χ1v) is 13.5. The van der Waals surface area contributed by atoms with E-state index in [0.717, 1.165) is 57.1 Å². The Labute approximate surface area is 220 Å². The first-order chi connectivity index (χ1) is 18.0. The van der Waals surface area contributed by atoms with Crippen molar-refractivity contribution in [2.75, 3.05) is 16.0 Å². The molecular formula is C26H31ClN8O2. The summed E-state index contributed by atoms with van der Waals surface area (Å²) in [5.41, 5.74) is 2.34. The third kappa shape index (κ3) is 5.49. The van der Waals surface area contributed by atoms with Gasteiger partial charge in [0.05, 0.1) is 11.9 Å². The van der Waals surface area contributed by atoms with E-state index in [-0.39, 0.29) is 29.8 Å². The van der Waals surface area contributed by atoms with Crippen LogP contribution in [-0.2, 0) is 4.79 Å². The molecule has 3 saturated carbocycles. The quantitative estimate of drug-likeness (QED) is 0.326. The highest BCUT2D eigenvalue weighted by atomic mass is 35.5. The monoisotopic (exact) mass is 522 g/mol. The first-order valence-electron chi connectivity index (χ1n) is 13.2. The molecule has 0 radical (unpaired) electrons. The Morgan fingerprint density at radius 3 is 2.35 bits per heavy atom. The van der Waals surface area contributed by atoms with Gasteiger partial charge in [-0.15, -0.1) is 5.10 Å². The molecule has 10 nitrogen and oxygen atoms in total. The van der Waals surface area contributed by atoms with Crippen LogP contribution in [0.25, 0.3) is 5.65 Å². The summed E-state index contributed by atoms with van der Waals surface area (Å²) in [6.07, 6.45) is 12.3. The minimum atomic E-state index is -0.334. The number of aromatic nitrogens is 4. The van der Waals surface area contributed by atoms with Crippen LogP contribution in [0, 0.1) is 5.92 Å². The Bertz CT molecular complexity index is 1310. The lowest BCUT2D eigenvalue weighted by molar-refractivity contribution is -0.128. The normalized spacial score (nSPS) is 21.8. The van der Waals surface area contributed by atoms with Crippen LogP contribution in [-0.4, -0.2) is 49.5 Å². The van der Waals surface area contributed by atoms with Gasteiger partial charge in [0.2, 0.25) is 5.91 Å². The molecule has 3 aromatic rings. The molecule has 2 amide bonds. The van der Waals surface area contributed by atoms with Gasteiger partial charge in [-0.1, -0.05) is 18.0 Å². The van der Waals surface area contributed by atoms with Crippen LogP contribution in [0.2, 0.25) is 5.15 Å². The van der Waals surface area contributed by atoms with Crippen molar-refractivity contribution >= 4 is 46.3 Å². The second kappa shape index (κ2) is 10.2. The molecule has 0 bridgehead atoms. The molecule has 4 N–H and O–H groups in total. The van der Waals surface area contributed by atoms with Gasteiger partial charge in [-0.25, -0.2) is 14.5 Å². The summed E-state index contributed by atoms with van der Waals surface area (Å²) in [7, 11) is 0. The smallest absolute Gasteiger partial charge is 0.276 e. The van der Waals surface area contributed by atoms with Crippen LogP contribution in [0.4, 0.5) is 17.2 Å². The number of carbonyl (C=O) groups excluding carboxylic acids is 2. The van der Waals surface area contributed by atoms with Crippen molar-refractivity contribution in [1.82, 2.24) is 24.9 Å². The lowest BCUT2D eigenvalue weighted by Crippen LogP contribution is -2.44. The van der Waals surface area contributed by atoms with E-state index in [1.807, 2.05) is 6.07 Å². The number of nitrogens with zero attached hydrogens (tertiary/aromatic N) is 4. The third-order valence-corrected chi connectivity index (χ3v) is 7.73. The molecule has 0 saturated heterocycles. The fraction of sp³-hybridized carbons (Fsp3) is 0.500. The number of hydrogen-bond donors (Lipinski definition) is 4. The number of halogens is 1. The maximum absolute atomic E-state index is 13.1. The Balaban J connectivity index is 1.17. The van der Waals surface area contributed by atoms with E-state index in [9.17, 15) is 9.59 Å². The standard InChI is InChI=1S/C26H31ClN8O2/c27-22-12-19(10-11-28-22)33-26(37)21-14-29-24-20(30-16-4-5-16)13-23(34-35(21)24)31-17-6-8-18(9-7-17)32-25(36)15-2-1-3-15/h10-18,30H,1-9H2,(H,31,34)(H,32,36)(H,28,33,37). The second-order valence-electron chi connectivity index (χ2n) is 10.4. The van der Waals surface area contributed by atoms with Crippen LogP contribution in [0.15, 0.2) is 30.6 Å². The minimum Gasteiger partial charge on any atom is -0.379 e. The molecule has 0 aliphatic heterocycles. The van der Waals surface area contributed by atoms with Crippen molar-refractivity contribution in [3.8, 4) is 0 Å². The fourth-order valence-electron chi connectivity index (χ4n) is 5.00. The summed E-state index contributed by atoms with van der Waals surface area (Å²) >= 11 is 5.96. The lowest BCUT2D eigenvalue weighted by atomic mass is 9.84. The maximum atomic E-state index is 13.1. The summed E-state index contributed by atoms with van der Waals surface area (Å²) in [5, 5.41) is 18.2. The molecule has 0 aromatic carbocycles. The molecule has 6 rings (SSSR count). The Morgan fingerprint density at radius 1 is 0.919 bits per heavy atom. The highest BCUT2D eigenvalue weighted by molar-refractivity contribution is 6.29. The zero-order valence-corrected chi connectivity index (χ0v) is 21.3. The third-order valence-electron chi connectivity index (χ3n) is 7.52. The predicted octanol–water partition coefficient (Wildman–Crippen LogP) is 4.24. The van der Waals surface area contributed by atoms with Crippen molar-refractivity contribution in [2.45, 2.75) is 75.9 Å². The van der Waals surface area contributed by atoms with Crippen LogP contribution in [0.3, 0.4) is 0 Å². The highest BCUT2D eigenvalue weighted by Gasteiger charge is 2.29. The SMILES string of the molecule is O=C(Nc1ccnc(Cl)c1)c1cnc2c(NC3CC3)cc(NC3CCC(NC(=O)C4CCC4)CC3)nn12. The van der Waals surface area contributed by atoms with Gasteiger partial charge in [-0.05, 0) is 63.5 Å². The summed E-state index contributed by atoms with van der Waals surface area (Å²) in [5.74, 6) is 0.808. The van der Waals surface area contributed by atoms with Crippen molar-refractivity contribution in [3.63, 3.8) is 0 Å². The molecule has 0 unspecified atom stereocenters. The molecule has 3 fully saturated rings. The number of imidazole rings is 1. The number of anilines is 3. The van der Waals surface area contributed by atoms with E-state index in [0.29, 0.717) is 34.0 Å². The van der Waals surface area contributed by atoms with Crippen LogP contribution in [0.5, 0.6) is 0 Å². The topological polar surface area (TPSA) is 125 Å². The van der Waals surface area contributed by atoms with Crippen LogP contribution in [0.1, 0.15) is 68.3 Å². The molecule has 37 heavy (non-hydrogen) atoms. The summed E-state index contributed by atoms with van der Waals surface area (Å²) in [4.78, 5) is 33.9. The van der Waals surface area contributed by atoms with E-state index >= 15 is 0 Å². The number of pyridine rings is 1. The molecule has 194 valence electrons. The van der Waals surface area contributed by atoms with Gasteiger partial charge in [0, 0.05) is 42.0 Å². The van der Waals surface area contributed by atoms with Gasteiger partial charge in [0.25, 0.3) is 5.91 Å². The number of fused-ring (bicyclic) bond motifs is 1. The average Bonchev–Trinajstić information content (AvgIpc) is 3.54. The zero-order valence-electron chi connectivity index (χ0n) is 20.5. The minimum absolute atomic E-state index is 0.223. The van der Waals surface area contributed by atoms with Crippen molar-refractivity contribution in [2.24, 2.45) is 5.92 Å². The summed E-state index contributed by atoms with van der Waals surface area (Å²) < 4.78 is 1.59. The summed E-state index contributed by atoms with van der Waals surface area (Å²) in [6, 6.07) is 6.17. The van der Waals surface area contributed by atoms with Crippen LogP contribution < -0.4 is 21.3 Å². The molecule has 3 aliphatic carbocycles. The molecule has 3 aromatic heterocycles. The van der Waals surface area contributed by atoms with Crippen molar-refractivity contribution < 1.29 is 9.59 Å². The van der Waals surface area contributed by atoms with Crippen molar-refractivity contribution in [3.05, 3.63) is 41.4 Å². The van der Waals surface area contributed by atoms with Gasteiger partial charge in [0.15, 0.2) is 11.3 Å². The molecule has 0 atom stereocenters. The molecule has 3 aliphatic rings. The van der Waals surface area contributed by atoms with E-state index in [4.69, 9.17) is 16.7 Å². The predicted molar refractivity (Wildman–Crippen MR) is 142 cm³/mol. The number of rotatable bonds is 8. The van der Waals surface area contributed by atoms with Gasteiger partial charge < -0.3 is 21.3 Å². The van der Waals surface area contributed by atoms with E-state index < -0.39 is 0 Å². The summed E-state index contributed by atoms with van der Waals surface area (Å²) in [6.45, 7) is 0. The lowest BCUT2D eigenvalue weighted by Gasteiger charge is -2.32. The molecule has 11 heteroatoms. The first kappa shape index (κ1) is 24.0. The largest absolute Gasteiger partial charge is 0.379 e. The maximum Gasteiger partial charge on any atom is 0.276 e. The Kier molecular flexibility index (Phi) is 6.58. The molecule has 3 heterocycles. The molecular weight excluding hydrogens is 492 g/mol. The van der Waals surface area contributed by atoms with E-state index in [2.05, 4.69) is 31.2 Å². The van der Waals surface area contributed by atoms with Gasteiger partial charge in [-0.3, -0.25) is 9.59 Å². The van der Waals surface area contributed by atoms with Crippen LogP contribution >= 0.6 is 11.6 Å². The van der Waals surface area contributed by atoms with E-state index in [1.165, 1.54) is 18.8 Å². The van der Waals surface area contributed by atoms with Crippen molar-refractivity contribution in [1.29, 1.82) is 0 Å². The Morgan fingerprint density at radius 2 is 1.65 bits per heavy atom. The fourth-order valence-corrected chi connectivity index (χ4v) is 5.18.